The van der Waals surface area contributed by atoms with Crippen LogP contribution in [0.15, 0.2) is 18.2 Å². The van der Waals surface area contributed by atoms with E-state index < -0.39 is 74.1 Å². The lowest BCUT2D eigenvalue weighted by Gasteiger charge is -2.42. The van der Waals surface area contributed by atoms with Crippen molar-refractivity contribution < 1.29 is 80.0 Å². The van der Waals surface area contributed by atoms with E-state index in [-0.39, 0.29) is 6.07 Å². The molecule has 0 atom stereocenters. The van der Waals surface area contributed by atoms with Gasteiger partial charge in [0, 0.05) is 11.8 Å². The minimum absolute atomic E-state index is 0.0182. The van der Waals surface area contributed by atoms with Crippen LogP contribution in [0.1, 0.15) is 0 Å². The SMILES string of the molecule is O=C(Nc1ccc(Cl)c([N+](=O)[O-])c1)C(F)(F)C(F)(F)C(F)(F)C(F)(F)C(F)(F)C(F)(F)C(F)(F)C(F)(F)Cl. The van der Waals surface area contributed by atoms with Gasteiger partial charge in [0.2, 0.25) is 0 Å². The topological polar surface area (TPSA) is 72.2 Å². The Labute approximate surface area is 206 Å². The van der Waals surface area contributed by atoms with Crippen molar-refractivity contribution in [3.05, 3.63) is 33.3 Å². The van der Waals surface area contributed by atoms with Crippen molar-refractivity contribution >= 4 is 40.5 Å². The third-order valence-electron chi connectivity index (χ3n) is 4.41. The monoisotopic (exact) mass is 634 g/mol. The number of rotatable bonds is 10. The third kappa shape index (κ3) is 4.64. The van der Waals surface area contributed by atoms with Crippen LogP contribution in [0, 0.1) is 10.1 Å². The maximum Gasteiger partial charge on any atom is 0.393 e. The summed E-state index contributed by atoms with van der Waals surface area (Å²) in [6.07, 6.45) is 0. The van der Waals surface area contributed by atoms with E-state index in [1.54, 1.807) is 0 Å². The van der Waals surface area contributed by atoms with Crippen molar-refractivity contribution in [3.63, 3.8) is 0 Å². The maximum absolute atomic E-state index is 13.9. The van der Waals surface area contributed by atoms with Gasteiger partial charge in [-0.2, -0.15) is 70.2 Å². The highest BCUT2D eigenvalue weighted by Crippen LogP contribution is 2.64. The summed E-state index contributed by atoms with van der Waals surface area (Å²) in [6, 6.07) is 0.742. The molecule has 0 unspecified atom stereocenters. The number of halogens is 18. The van der Waals surface area contributed by atoms with Gasteiger partial charge < -0.3 is 5.32 Å². The summed E-state index contributed by atoms with van der Waals surface area (Å²) in [5.74, 6) is -61.6. The van der Waals surface area contributed by atoms with E-state index in [1.165, 1.54) is 0 Å². The molecular formula is C15H4Cl2F16N2O3. The summed E-state index contributed by atoms with van der Waals surface area (Å²) in [7, 11) is 0. The van der Waals surface area contributed by atoms with Crippen LogP contribution in [0.3, 0.4) is 0 Å². The standard InChI is InChI=1S/C15H4Cl2F16N2O3/c16-5-2-1-4(3-6(5)35(37)38)34-7(36)8(18,19)9(20,21)10(22,23)11(24,25)12(26,27)13(28,29)14(30,31)15(17,32)33/h1-3H,(H,34,36). The van der Waals surface area contributed by atoms with Crippen molar-refractivity contribution in [1.82, 2.24) is 0 Å². The van der Waals surface area contributed by atoms with Gasteiger partial charge in [-0.15, -0.1) is 0 Å². The first kappa shape index (κ1) is 33.6. The average molecular weight is 635 g/mol. The van der Waals surface area contributed by atoms with Crippen molar-refractivity contribution in [1.29, 1.82) is 0 Å². The summed E-state index contributed by atoms with van der Waals surface area (Å²) in [5, 5.41) is 3.54. The lowest BCUT2D eigenvalue weighted by molar-refractivity contribution is -0.445. The zero-order valence-corrected chi connectivity index (χ0v) is 18.2. The molecule has 0 aliphatic heterocycles. The molecule has 0 aliphatic rings. The number of nitrogens with zero attached hydrogens (tertiary/aromatic N) is 1. The number of carbonyl (C=O) groups excluding carboxylic acids is 1. The van der Waals surface area contributed by atoms with Crippen LogP contribution in [0.4, 0.5) is 81.6 Å². The van der Waals surface area contributed by atoms with Gasteiger partial charge in [-0.25, -0.2) is 0 Å². The molecular weight excluding hydrogens is 631 g/mol. The van der Waals surface area contributed by atoms with E-state index in [2.05, 4.69) is 11.6 Å². The molecule has 0 fully saturated rings. The molecule has 0 bridgehead atoms. The Hall–Kier alpha value is -2.45. The lowest BCUT2D eigenvalue weighted by atomic mass is 9.89. The minimum atomic E-state index is -8.73. The fraction of sp³-hybridized carbons (Fsp3) is 0.533. The van der Waals surface area contributed by atoms with Gasteiger partial charge in [0.15, 0.2) is 0 Å². The molecule has 0 heterocycles. The van der Waals surface area contributed by atoms with Gasteiger partial charge in [-0.05, 0) is 23.7 Å². The highest BCUT2D eigenvalue weighted by atomic mass is 35.5. The van der Waals surface area contributed by atoms with Gasteiger partial charge in [0.1, 0.15) is 5.02 Å². The molecule has 0 saturated carbocycles. The fourth-order valence-corrected chi connectivity index (χ4v) is 2.55. The third-order valence-corrected chi connectivity index (χ3v) is 4.96. The molecule has 1 rings (SSSR count). The molecule has 1 N–H and O–H groups in total. The quantitative estimate of drug-likeness (QED) is 0.126. The number of nitro groups is 1. The molecule has 1 amide bonds. The van der Waals surface area contributed by atoms with Crippen molar-refractivity contribution in [2.75, 3.05) is 5.32 Å². The van der Waals surface area contributed by atoms with E-state index >= 15 is 0 Å². The van der Waals surface area contributed by atoms with Crippen LogP contribution in [-0.4, -0.2) is 57.7 Å². The summed E-state index contributed by atoms with van der Waals surface area (Å²) < 4.78 is 215. The predicted octanol–water partition coefficient (Wildman–Crippen LogP) is 7.47. The summed E-state index contributed by atoms with van der Waals surface area (Å²) in [6.45, 7) is 0. The Kier molecular flexibility index (Phi) is 8.25. The Morgan fingerprint density at radius 3 is 1.45 bits per heavy atom. The van der Waals surface area contributed by atoms with Crippen molar-refractivity contribution in [3.8, 4) is 0 Å². The van der Waals surface area contributed by atoms with Crippen LogP contribution in [-0.2, 0) is 4.79 Å². The van der Waals surface area contributed by atoms with Crippen LogP contribution in [0.25, 0.3) is 0 Å². The van der Waals surface area contributed by atoms with Gasteiger partial charge in [-0.1, -0.05) is 11.6 Å². The summed E-state index contributed by atoms with van der Waals surface area (Å²) >= 11 is 8.69. The van der Waals surface area contributed by atoms with E-state index in [4.69, 9.17) is 11.6 Å². The lowest BCUT2D eigenvalue weighted by Crippen LogP contribution is -2.75. The Bertz CT molecular complexity index is 1110. The number of nitro benzene ring substituents is 1. The zero-order valence-electron chi connectivity index (χ0n) is 16.7. The number of benzene rings is 1. The van der Waals surface area contributed by atoms with Crippen LogP contribution in [0.2, 0.25) is 5.02 Å². The zero-order chi connectivity index (χ0) is 30.7. The average Bonchev–Trinajstić information content (AvgIpc) is 2.72. The number of hydrogen-bond donors (Lipinski definition) is 1. The van der Waals surface area contributed by atoms with Crippen LogP contribution < -0.4 is 5.32 Å². The first-order chi connectivity index (χ1) is 16.5. The van der Waals surface area contributed by atoms with Gasteiger partial charge in [0.05, 0.1) is 4.92 Å². The number of carbonyl (C=O) groups is 1. The Morgan fingerprint density at radius 1 is 0.711 bits per heavy atom. The second-order valence-electron chi connectivity index (χ2n) is 6.90. The first-order valence-corrected chi connectivity index (χ1v) is 9.19. The second-order valence-corrected chi connectivity index (χ2v) is 7.78. The van der Waals surface area contributed by atoms with E-state index in [0.717, 1.165) is 0 Å². The van der Waals surface area contributed by atoms with E-state index in [9.17, 15) is 85.2 Å². The molecule has 0 radical (unpaired) electrons. The molecule has 0 aromatic heterocycles. The summed E-state index contributed by atoms with van der Waals surface area (Å²) in [5.41, 5.74) is -2.60. The van der Waals surface area contributed by atoms with E-state index in [1.807, 2.05) is 0 Å². The van der Waals surface area contributed by atoms with Gasteiger partial charge in [-0.3, -0.25) is 14.9 Å². The number of alkyl halides is 17. The fourth-order valence-electron chi connectivity index (χ4n) is 2.25. The van der Waals surface area contributed by atoms with Gasteiger partial charge in [0.25, 0.3) is 5.69 Å². The van der Waals surface area contributed by atoms with Crippen LogP contribution in [0.5, 0.6) is 0 Å². The molecule has 5 nitrogen and oxygen atoms in total. The Balaban J connectivity index is 3.60. The second kappa shape index (κ2) is 9.33. The van der Waals surface area contributed by atoms with Gasteiger partial charge >= 0.3 is 52.7 Å². The molecule has 23 heteroatoms. The molecule has 0 aliphatic carbocycles. The predicted molar refractivity (Wildman–Crippen MR) is 92.2 cm³/mol. The van der Waals surface area contributed by atoms with Crippen molar-refractivity contribution in [2.24, 2.45) is 0 Å². The molecule has 38 heavy (non-hydrogen) atoms. The smallest absolute Gasteiger partial charge is 0.320 e. The highest BCUT2D eigenvalue weighted by molar-refractivity contribution is 6.32. The first-order valence-electron chi connectivity index (χ1n) is 8.43. The molecule has 218 valence electrons. The maximum atomic E-state index is 13.9. The number of nitrogens with one attached hydrogen (secondary N) is 1. The number of amides is 1. The van der Waals surface area contributed by atoms with Crippen LogP contribution >= 0.6 is 23.2 Å². The number of anilines is 1. The van der Waals surface area contributed by atoms with E-state index in [0.29, 0.717) is 17.4 Å². The molecule has 0 saturated heterocycles. The Morgan fingerprint density at radius 2 is 1.08 bits per heavy atom. The summed E-state index contributed by atoms with van der Waals surface area (Å²) in [4.78, 5) is 20.8. The highest BCUT2D eigenvalue weighted by Gasteiger charge is 2.95. The largest absolute Gasteiger partial charge is 0.393 e. The molecule has 1 aromatic carbocycles. The number of hydrogen-bond acceptors (Lipinski definition) is 3. The normalized spacial score (nSPS) is 14.9. The minimum Gasteiger partial charge on any atom is -0.320 e. The molecule has 1 aromatic rings. The van der Waals surface area contributed by atoms with Crippen molar-refractivity contribution in [2.45, 2.75) is 46.8 Å². The molecule has 0 spiro atoms.